The number of rotatable bonds is 5. The Hall–Kier alpha value is -1.39. The summed E-state index contributed by atoms with van der Waals surface area (Å²) in [7, 11) is 2.06. The van der Waals surface area contributed by atoms with Crippen LogP contribution in [-0.2, 0) is 13.0 Å². The lowest BCUT2D eigenvalue weighted by Crippen LogP contribution is -2.23. The van der Waals surface area contributed by atoms with E-state index in [9.17, 15) is 0 Å². The zero-order valence-electron chi connectivity index (χ0n) is 9.97. The molecule has 2 heterocycles. The molecule has 2 aromatic rings. The minimum absolute atomic E-state index is 0.534. The van der Waals surface area contributed by atoms with Crippen molar-refractivity contribution in [1.29, 1.82) is 0 Å². The summed E-state index contributed by atoms with van der Waals surface area (Å²) < 4.78 is 0. The standard InChI is InChI=1S/C13H17N3S/c1-16(8-6-12-5-3-9-17-12)13-11(10-14)4-2-7-15-13/h2-5,7,9H,6,8,10,14H2,1H3. The molecule has 0 bridgehead atoms. The van der Waals surface area contributed by atoms with Crippen LogP contribution in [0.25, 0.3) is 0 Å². The molecular formula is C13H17N3S. The number of hydrogen-bond donors (Lipinski definition) is 1. The lowest BCUT2D eigenvalue weighted by atomic mass is 10.2. The van der Waals surface area contributed by atoms with Crippen LogP contribution in [0.3, 0.4) is 0 Å². The number of thiophene rings is 1. The van der Waals surface area contributed by atoms with Gasteiger partial charge >= 0.3 is 0 Å². The predicted molar refractivity (Wildman–Crippen MR) is 73.4 cm³/mol. The van der Waals surface area contributed by atoms with Gasteiger partial charge < -0.3 is 10.6 Å². The largest absolute Gasteiger partial charge is 0.359 e. The summed E-state index contributed by atoms with van der Waals surface area (Å²) in [6.07, 6.45) is 2.87. The maximum Gasteiger partial charge on any atom is 0.132 e. The smallest absolute Gasteiger partial charge is 0.132 e. The zero-order chi connectivity index (χ0) is 12.1. The highest BCUT2D eigenvalue weighted by Crippen LogP contribution is 2.16. The second-order valence-corrected chi connectivity index (χ2v) is 4.97. The van der Waals surface area contributed by atoms with Crippen LogP contribution in [0.1, 0.15) is 10.4 Å². The van der Waals surface area contributed by atoms with Gasteiger partial charge in [-0.1, -0.05) is 12.1 Å². The van der Waals surface area contributed by atoms with Crippen molar-refractivity contribution in [1.82, 2.24) is 4.98 Å². The summed E-state index contributed by atoms with van der Waals surface area (Å²) >= 11 is 1.80. The molecule has 0 aromatic carbocycles. The van der Waals surface area contributed by atoms with E-state index in [0.717, 1.165) is 24.3 Å². The van der Waals surface area contributed by atoms with Gasteiger partial charge in [0.1, 0.15) is 5.82 Å². The highest BCUT2D eigenvalue weighted by atomic mass is 32.1. The summed E-state index contributed by atoms with van der Waals surface area (Å²) in [5.41, 5.74) is 6.81. The molecule has 4 heteroatoms. The van der Waals surface area contributed by atoms with Crippen LogP contribution >= 0.6 is 11.3 Å². The van der Waals surface area contributed by atoms with E-state index in [0.29, 0.717) is 6.54 Å². The second kappa shape index (κ2) is 5.80. The molecule has 90 valence electrons. The Morgan fingerprint density at radius 2 is 2.24 bits per heavy atom. The topological polar surface area (TPSA) is 42.2 Å². The first-order chi connectivity index (χ1) is 8.31. The van der Waals surface area contributed by atoms with Crippen molar-refractivity contribution in [2.45, 2.75) is 13.0 Å². The van der Waals surface area contributed by atoms with Crippen molar-refractivity contribution in [3.63, 3.8) is 0 Å². The molecule has 0 atom stereocenters. The van der Waals surface area contributed by atoms with Gasteiger partial charge in [-0.15, -0.1) is 11.3 Å². The van der Waals surface area contributed by atoms with Gasteiger partial charge in [-0.25, -0.2) is 4.98 Å². The molecule has 0 amide bonds. The molecule has 0 fully saturated rings. The lowest BCUT2D eigenvalue weighted by molar-refractivity contribution is 0.854. The van der Waals surface area contributed by atoms with E-state index in [4.69, 9.17) is 5.73 Å². The average Bonchev–Trinajstić information content (AvgIpc) is 2.89. The number of pyridine rings is 1. The fourth-order valence-electron chi connectivity index (χ4n) is 1.77. The van der Waals surface area contributed by atoms with Crippen LogP contribution < -0.4 is 10.6 Å². The maximum atomic E-state index is 5.71. The zero-order valence-corrected chi connectivity index (χ0v) is 10.8. The molecule has 0 spiro atoms. The Bertz CT molecular complexity index is 453. The molecule has 17 heavy (non-hydrogen) atoms. The van der Waals surface area contributed by atoms with Gasteiger partial charge in [-0.05, 0) is 23.9 Å². The van der Waals surface area contributed by atoms with E-state index in [2.05, 4.69) is 34.4 Å². The Morgan fingerprint density at radius 3 is 2.94 bits per heavy atom. The predicted octanol–water partition coefficient (Wildman–Crippen LogP) is 2.28. The van der Waals surface area contributed by atoms with Gasteiger partial charge in [-0.2, -0.15) is 0 Å². The Labute approximate surface area is 106 Å². The maximum absolute atomic E-state index is 5.71. The molecule has 0 radical (unpaired) electrons. The minimum Gasteiger partial charge on any atom is -0.359 e. The number of anilines is 1. The third kappa shape index (κ3) is 3.05. The SMILES string of the molecule is CN(CCc1cccs1)c1ncccc1CN. The number of aromatic nitrogens is 1. The monoisotopic (exact) mass is 247 g/mol. The van der Waals surface area contributed by atoms with E-state index < -0.39 is 0 Å². The third-order valence-electron chi connectivity index (χ3n) is 2.72. The molecule has 0 aliphatic heterocycles. The fraction of sp³-hybridized carbons (Fsp3) is 0.308. The van der Waals surface area contributed by atoms with E-state index >= 15 is 0 Å². The minimum atomic E-state index is 0.534. The van der Waals surface area contributed by atoms with Gasteiger partial charge in [0.05, 0.1) is 0 Å². The lowest BCUT2D eigenvalue weighted by Gasteiger charge is -2.20. The Balaban J connectivity index is 2.01. The van der Waals surface area contributed by atoms with Gasteiger partial charge in [0.2, 0.25) is 0 Å². The van der Waals surface area contributed by atoms with Gasteiger partial charge in [0, 0.05) is 36.8 Å². The summed E-state index contributed by atoms with van der Waals surface area (Å²) in [6, 6.07) is 8.22. The molecule has 2 N–H and O–H groups in total. The van der Waals surface area contributed by atoms with Crippen LogP contribution in [-0.4, -0.2) is 18.6 Å². The van der Waals surface area contributed by atoms with E-state index in [1.165, 1.54) is 4.88 Å². The van der Waals surface area contributed by atoms with Gasteiger partial charge in [0.25, 0.3) is 0 Å². The number of hydrogen-bond acceptors (Lipinski definition) is 4. The molecule has 0 aliphatic rings. The van der Waals surface area contributed by atoms with Crippen LogP contribution in [0.5, 0.6) is 0 Å². The summed E-state index contributed by atoms with van der Waals surface area (Å²) in [5.74, 6) is 0.992. The van der Waals surface area contributed by atoms with Crippen molar-refractivity contribution in [2.75, 3.05) is 18.5 Å². The first-order valence-electron chi connectivity index (χ1n) is 5.68. The second-order valence-electron chi connectivity index (χ2n) is 3.94. The number of nitrogens with zero attached hydrogens (tertiary/aromatic N) is 2. The highest BCUT2D eigenvalue weighted by molar-refractivity contribution is 7.09. The molecule has 0 unspecified atom stereocenters. The van der Waals surface area contributed by atoms with Crippen molar-refractivity contribution >= 4 is 17.2 Å². The van der Waals surface area contributed by atoms with Crippen molar-refractivity contribution in [3.8, 4) is 0 Å². The molecular weight excluding hydrogens is 230 g/mol. The number of likely N-dealkylation sites (N-methyl/N-ethyl adjacent to an activating group) is 1. The molecule has 2 rings (SSSR count). The van der Waals surface area contributed by atoms with Crippen LogP contribution in [0, 0.1) is 0 Å². The average molecular weight is 247 g/mol. The van der Waals surface area contributed by atoms with Crippen LogP contribution in [0.15, 0.2) is 35.8 Å². The fourth-order valence-corrected chi connectivity index (χ4v) is 2.47. The van der Waals surface area contributed by atoms with Crippen LogP contribution in [0.4, 0.5) is 5.82 Å². The normalized spacial score (nSPS) is 10.5. The summed E-state index contributed by atoms with van der Waals surface area (Å²) in [5, 5.41) is 2.11. The van der Waals surface area contributed by atoms with Crippen LogP contribution in [0.2, 0.25) is 0 Å². The van der Waals surface area contributed by atoms with Gasteiger partial charge in [0.15, 0.2) is 0 Å². The Morgan fingerprint density at radius 1 is 1.35 bits per heavy atom. The molecule has 2 aromatic heterocycles. The van der Waals surface area contributed by atoms with E-state index in [1.807, 2.05) is 18.3 Å². The van der Waals surface area contributed by atoms with Crippen molar-refractivity contribution in [3.05, 3.63) is 46.3 Å². The highest BCUT2D eigenvalue weighted by Gasteiger charge is 2.07. The van der Waals surface area contributed by atoms with E-state index in [-0.39, 0.29) is 0 Å². The van der Waals surface area contributed by atoms with E-state index in [1.54, 1.807) is 11.3 Å². The van der Waals surface area contributed by atoms with Gasteiger partial charge in [-0.3, -0.25) is 0 Å². The molecule has 0 aliphatic carbocycles. The quantitative estimate of drug-likeness (QED) is 0.881. The third-order valence-corrected chi connectivity index (χ3v) is 3.66. The van der Waals surface area contributed by atoms with Crippen molar-refractivity contribution in [2.24, 2.45) is 5.73 Å². The Kier molecular flexibility index (Phi) is 4.12. The molecule has 0 saturated carbocycles. The first kappa shape index (κ1) is 12.1. The first-order valence-corrected chi connectivity index (χ1v) is 6.56. The number of nitrogens with two attached hydrogens (primary N) is 1. The summed E-state index contributed by atoms with van der Waals surface area (Å²) in [6.45, 7) is 1.50. The summed E-state index contributed by atoms with van der Waals surface area (Å²) in [4.78, 5) is 7.97. The van der Waals surface area contributed by atoms with Crippen molar-refractivity contribution < 1.29 is 0 Å². The molecule has 3 nitrogen and oxygen atoms in total. The molecule has 0 saturated heterocycles.